The van der Waals surface area contributed by atoms with Gasteiger partial charge in [-0.05, 0) is 51.1 Å². The Labute approximate surface area is 112 Å². The second kappa shape index (κ2) is 5.07. The number of piperidine rings is 1. The van der Waals surface area contributed by atoms with E-state index in [0.717, 1.165) is 32.0 Å². The number of hydrogen-bond acceptors (Lipinski definition) is 4. The Kier molecular flexibility index (Phi) is 3.80. The molecule has 7 heteroatoms. The third kappa shape index (κ3) is 3.43. The smallest absolute Gasteiger partial charge is 0.238 e. The van der Waals surface area contributed by atoms with Gasteiger partial charge in [0.25, 0.3) is 0 Å². The monoisotopic (exact) mass is 287 g/mol. The first kappa shape index (κ1) is 14.2. The number of halogens is 1. The van der Waals surface area contributed by atoms with Crippen LogP contribution < -0.4 is 15.8 Å². The van der Waals surface area contributed by atoms with Gasteiger partial charge in [-0.15, -0.1) is 0 Å². The second-order valence-corrected chi connectivity index (χ2v) is 6.68. The Morgan fingerprint density at radius 2 is 2.00 bits per heavy atom. The Balaban J connectivity index is 2.22. The molecule has 1 saturated heterocycles. The van der Waals surface area contributed by atoms with Gasteiger partial charge in [-0.1, -0.05) is 0 Å². The lowest BCUT2D eigenvalue weighted by atomic mass is 9.90. The number of anilines is 1. The van der Waals surface area contributed by atoms with Gasteiger partial charge in [0.2, 0.25) is 10.0 Å². The van der Waals surface area contributed by atoms with Crippen molar-refractivity contribution in [2.24, 2.45) is 5.14 Å². The zero-order chi connectivity index (χ0) is 14.1. The highest BCUT2D eigenvalue weighted by Crippen LogP contribution is 2.26. The summed E-state index contributed by atoms with van der Waals surface area (Å²) in [5, 5.41) is 11.4. The molecular formula is C12H18FN3O2S. The summed E-state index contributed by atoms with van der Waals surface area (Å²) in [5.74, 6) is -0.605. The zero-order valence-electron chi connectivity index (χ0n) is 10.7. The summed E-state index contributed by atoms with van der Waals surface area (Å²) in [7, 11) is -3.87. The Hall–Kier alpha value is -1.18. The standard InChI is InChI=1S/C12H18FN3O2S/c1-12(4-6-15-7-5-12)16-11-3-2-9(8-10(11)13)19(14,17)18/h2-3,8,15-16H,4-7H2,1H3,(H2,14,17,18). The molecule has 0 saturated carbocycles. The molecule has 0 radical (unpaired) electrons. The number of benzene rings is 1. The van der Waals surface area contributed by atoms with E-state index in [1.54, 1.807) is 0 Å². The molecule has 1 aromatic carbocycles. The Bertz CT molecular complexity index is 568. The van der Waals surface area contributed by atoms with Crippen molar-refractivity contribution in [1.29, 1.82) is 0 Å². The van der Waals surface area contributed by atoms with E-state index in [1.807, 2.05) is 6.92 Å². The van der Waals surface area contributed by atoms with Gasteiger partial charge < -0.3 is 10.6 Å². The van der Waals surface area contributed by atoms with Crippen molar-refractivity contribution in [3.63, 3.8) is 0 Å². The molecule has 1 aromatic rings. The third-order valence-corrected chi connectivity index (χ3v) is 4.32. The minimum absolute atomic E-state index is 0.185. The predicted octanol–water partition coefficient (Wildman–Crippen LogP) is 1.03. The fraction of sp³-hybridized carbons (Fsp3) is 0.500. The predicted molar refractivity (Wildman–Crippen MR) is 71.9 cm³/mol. The van der Waals surface area contributed by atoms with Crippen LogP contribution in [0.3, 0.4) is 0 Å². The zero-order valence-corrected chi connectivity index (χ0v) is 11.6. The molecule has 4 N–H and O–H groups in total. The van der Waals surface area contributed by atoms with Gasteiger partial charge in [0, 0.05) is 5.54 Å². The normalized spacial score (nSPS) is 19.1. The molecule has 1 heterocycles. The van der Waals surface area contributed by atoms with Crippen molar-refractivity contribution >= 4 is 15.7 Å². The van der Waals surface area contributed by atoms with E-state index in [-0.39, 0.29) is 10.4 Å². The van der Waals surface area contributed by atoms with E-state index in [2.05, 4.69) is 10.6 Å². The molecule has 0 unspecified atom stereocenters. The van der Waals surface area contributed by atoms with E-state index >= 15 is 0 Å². The molecule has 1 fully saturated rings. The first-order valence-electron chi connectivity index (χ1n) is 6.11. The van der Waals surface area contributed by atoms with Crippen LogP contribution >= 0.6 is 0 Å². The SMILES string of the molecule is CC1(Nc2ccc(S(N)(=O)=O)cc2F)CCNCC1. The summed E-state index contributed by atoms with van der Waals surface area (Å²) < 4.78 is 36.2. The van der Waals surface area contributed by atoms with Crippen LogP contribution in [0.25, 0.3) is 0 Å². The van der Waals surface area contributed by atoms with E-state index in [9.17, 15) is 12.8 Å². The minimum atomic E-state index is -3.87. The van der Waals surface area contributed by atoms with Gasteiger partial charge in [-0.25, -0.2) is 17.9 Å². The molecule has 0 spiro atoms. The van der Waals surface area contributed by atoms with Gasteiger partial charge in [0.05, 0.1) is 10.6 Å². The van der Waals surface area contributed by atoms with E-state index in [4.69, 9.17) is 5.14 Å². The molecule has 1 aliphatic rings. The maximum Gasteiger partial charge on any atom is 0.238 e. The summed E-state index contributed by atoms with van der Waals surface area (Å²) in [6.45, 7) is 3.78. The fourth-order valence-corrected chi connectivity index (χ4v) is 2.73. The summed E-state index contributed by atoms with van der Waals surface area (Å²) >= 11 is 0. The van der Waals surface area contributed by atoms with Crippen LogP contribution in [0.15, 0.2) is 23.1 Å². The molecule has 106 valence electrons. The summed E-state index contributed by atoms with van der Waals surface area (Å²) in [5.41, 5.74) is 0.117. The van der Waals surface area contributed by atoms with Crippen molar-refractivity contribution in [1.82, 2.24) is 5.32 Å². The van der Waals surface area contributed by atoms with Gasteiger partial charge in [-0.3, -0.25) is 0 Å². The molecule has 0 amide bonds. The molecule has 0 aliphatic carbocycles. The van der Waals surface area contributed by atoms with Crippen molar-refractivity contribution < 1.29 is 12.8 Å². The van der Waals surface area contributed by atoms with Crippen LogP contribution in [-0.4, -0.2) is 27.0 Å². The quantitative estimate of drug-likeness (QED) is 0.775. The van der Waals surface area contributed by atoms with Crippen LogP contribution in [0.5, 0.6) is 0 Å². The lowest BCUT2D eigenvalue weighted by Gasteiger charge is -2.36. The summed E-state index contributed by atoms with van der Waals surface area (Å²) in [4.78, 5) is -0.217. The van der Waals surface area contributed by atoms with E-state index < -0.39 is 15.8 Å². The van der Waals surface area contributed by atoms with Crippen molar-refractivity contribution in [2.45, 2.75) is 30.2 Å². The van der Waals surface area contributed by atoms with Crippen LogP contribution in [0.4, 0.5) is 10.1 Å². The maximum absolute atomic E-state index is 13.9. The molecule has 1 aliphatic heterocycles. The highest BCUT2D eigenvalue weighted by atomic mass is 32.2. The summed E-state index contributed by atoms with van der Waals surface area (Å²) in [6, 6.07) is 3.68. The van der Waals surface area contributed by atoms with Gasteiger partial charge in [-0.2, -0.15) is 0 Å². The Morgan fingerprint density at radius 1 is 1.37 bits per heavy atom. The van der Waals surface area contributed by atoms with Crippen molar-refractivity contribution in [2.75, 3.05) is 18.4 Å². The lowest BCUT2D eigenvalue weighted by molar-refractivity contribution is 0.363. The highest BCUT2D eigenvalue weighted by Gasteiger charge is 2.27. The minimum Gasteiger partial charge on any atom is -0.377 e. The largest absolute Gasteiger partial charge is 0.377 e. The molecule has 2 rings (SSSR count). The number of hydrogen-bond donors (Lipinski definition) is 3. The topological polar surface area (TPSA) is 84.2 Å². The molecule has 0 bridgehead atoms. The van der Waals surface area contributed by atoms with Crippen molar-refractivity contribution in [3.05, 3.63) is 24.0 Å². The van der Waals surface area contributed by atoms with Crippen LogP contribution in [0.2, 0.25) is 0 Å². The van der Waals surface area contributed by atoms with Crippen LogP contribution in [0.1, 0.15) is 19.8 Å². The number of nitrogens with one attached hydrogen (secondary N) is 2. The fourth-order valence-electron chi connectivity index (χ4n) is 2.20. The Morgan fingerprint density at radius 3 is 2.53 bits per heavy atom. The molecule has 5 nitrogen and oxygen atoms in total. The maximum atomic E-state index is 13.9. The van der Waals surface area contributed by atoms with Crippen LogP contribution in [-0.2, 0) is 10.0 Å². The van der Waals surface area contributed by atoms with Gasteiger partial charge >= 0.3 is 0 Å². The number of rotatable bonds is 3. The highest BCUT2D eigenvalue weighted by molar-refractivity contribution is 7.89. The summed E-state index contributed by atoms with van der Waals surface area (Å²) in [6.07, 6.45) is 1.76. The molecule has 19 heavy (non-hydrogen) atoms. The van der Waals surface area contributed by atoms with Crippen molar-refractivity contribution in [3.8, 4) is 0 Å². The second-order valence-electron chi connectivity index (χ2n) is 5.12. The first-order valence-corrected chi connectivity index (χ1v) is 7.66. The average Bonchev–Trinajstić information content (AvgIpc) is 2.31. The molecular weight excluding hydrogens is 269 g/mol. The average molecular weight is 287 g/mol. The number of primary sulfonamides is 1. The van der Waals surface area contributed by atoms with Crippen LogP contribution in [0, 0.1) is 5.82 Å². The van der Waals surface area contributed by atoms with E-state index in [0.29, 0.717) is 5.69 Å². The third-order valence-electron chi connectivity index (χ3n) is 3.41. The molecule has 0 aromatic heterocycles. The molecule has 0 atom stereocenters. The number of sulfonamides is 1. The van der Waals surface area contributed by atoms with Gasteiger partial charge in [0.1, 0.15) is 5.82 Å². The first-order chi connectivity index (χ1) is 8.80. The number of nitrogens with two attached hydrogens (primary N) is 1. The lowest BCUT2D eigenvalue weighted by Crippen LogP contribution is -2.45. The van der Waals surface area contributed by atoms with E-state index in [1.165, 1.54) is 12.1 Å². The van der Waals surface area contributed by atoms with Gasteiger partial charge in [0.15, 0.2) is 0 Å².